The van der Waals surface area contributed by atoms with E-state index in [1.807, 2.05) is 0 Å². The van der Waals surface area contributed by atoms with Gasteiger partial charge in [0.25, 0.3) is 0 Å². The van der Waals surface area contributed by atoms with Gasteiger partial charge in [-0.1, -0.05) is 5.16 Å². The van der Waals surface area contributed by atoms with Crippen molar-refractivity contribution in [3.63, 3.8) is 0 Å². The van der Waals surface area contributed by atoms with Crippen LogP contribution in [0.3, 0.4) is 0 Å². The van der Waals surface area contributed by atoms with Gasteiger partial charge in [0, 0.05) is 12.3 Å². The molecule has 2 amide bonds. The molecule has 2 rings (SSSR count). The number of anilines is 1. The van der Waals surface area contributed by atoms with E-state index >= 15 is 0 Å². The van der Waals surface area contributed by atoms with E-state index in [1.54, 1.807) is 13.0 Å². The van der Waals surface area contributed by atoms with Crippen molar-refractivity contribution in [1.29, 1.82) is 0 Å². The van der Waals surface area contributed by atoms with Crippen molar-refractivity contribution in [3.8, 4) is 0 Å². The second kappa shape index (κ2) is 5.83. The first-order valence-electron chi connectivity index (χ1n) is 5.70. The lowest BCUT2D eigenvalue weighted by Gasteiger charge is -2.06. The summed E-state index contributed by atoms with van der Waals surface area (Å²) in [4.78, 5) is 26.1. The SMILES string of the molecule is Cc1cc(CNC(=O)Nc2cncc(C(=O)O)c2)on1. The van der Waals surface area contributed by atoms with Crippen LogP contribution in [-0.2, 0) is 6.54 Å². The van der Waals surface area contributed by atoms with Gasteiger partial charge in [0.2, 0.25) is 0 Å². The zero-order valence-corrected chi connectivity index (χ0v) is 10.6. The number of aromatic nitrogens is 2. The number of carboxylic acids is 1. The van der Waals surface area contributed by atoms with Crippen molar-refractivity contribution >= 4 is 17.7 Å². The Kier molecular flexibility index (Phi) is 3.94. The summed E-state index contributed by atoms with van der Waals surface area (Å²) in [5, 5.41) is 17.5. The molecule has 0 saturated heterocycles. The van der Waals surface area contributed by atoms with Crippen LogP contribution in [0.4, 0.5) is 10.5 Å². The molecular formula is C12H12N4O4. The molecule has 0 saturated carbocycles. The maximum Gasteiger partial charge on any atom is 0.337 e. The number of pyridine rings is 1. The summed E-state index contributed by atoms with van der Waals surface area (Å²) in [6.45, 7) is 1.95. The Hall–Kier alpha value is -2.90. The molecule has 0 aliphatic carbocycles. The quantitative estimate of drug-likeness (QED) is 0.776. The molecule has 8 nitrogen and oxygen atoms in total. The second-order valence-corrected chi connectivity index (χ2v) is 4.01. The van der Waals surface area contributed by atoms with Crippen molar-refractivity contribution in [2.75, 3.05) is 5.32 Å². The predicted octanol–water partition coefficient (Wildman–Crippen LogP) is 1.40. The van der Waals surface area contributed by atoms with E-state index in [2.05, 4.69) is 20.8 Å². The molecule has 2 heterocycles. The Morgan fingerprint density at radius 3 is 2.80 bits per heavy atom. The van der Waals surface area contributed by atoms with Gasteiger partial charge in [0.15, 0.2) is 5.76 Å². The van der Waals surface area contributed by atoms with E-state index in [0.29, 0.717) is 5.76 Å². The summed E-state index contributed by atoms with van der Waals surface area (Å²) in [6.07, 6.45) is 2.55. The molecule has 0 bridgehead atoms. The normalized spacial score (nSPS) is 10.1. The number of rotatable bonds is 4. The highest BCUT2D eigenvalue weighted by atomic mass is 16.5. The molecule has 20 heavy (non-hydrogen) atoms. The van der Waals surface area contributed by atoms with Crippen molar-refractivity contribution in [2.45, 2.75) is 13.5 Å². The molecule has 0 atom stereocenters. The number of aryl methyl sites for hydroxylation is 1. The minimum absolute atomic E-state index is 0.00587. The van der Waals surface area contributed by atoms with Crippen LogP contribution >= 0.6 is 0 Å². The van der Waals surface area contributed by atoms with E-state index in [4.69, 9.17) is 9.63 Å². The highest BCUT2D eigenvalue weighted by molar-refractivity contribution is 5.92. The van der Waals surface area contributed by atoms with E-state index in [0.717, 1.165) is 5.69 Å². The van der Waals surface area contributed by atoms with Crippen molar-refractivity contribution in [3.05, 3.63) is 41.5 Å². The summed E-state index contributed by atoms with van der Waals surface area (Å²) < 4.78 is 4.93. The largest absolute Gasteiger partial charge is 0.478 e. The topological polar surface area (TPSA) is 117 Å². The number of nitrogens with zero attached hydrogens (tertiary/aromatic N) is 2. The summed E-state index contributed by atoms with van der Waals surface area (Å²) in [5.41, 5.74) is 1.00. The van der Waals surface area contributed by atoms with Crippen LogP contribution in [-0.4, -0.2) is 27.2 Å². The lowest BCUT2D eigenvalue weighted by molar-refractivity contribution is 0.0696. The number of amides is 2. The molecule has 0 radical (unpaired) electrons. The third-order valence-electron chi connectivity index (χ3n) is 2.34. The van der Waals surface area contributed by atoms with E-state index in [9.17, 15) is 9.59 Å². The third kappa shape index (κ3) is 3.55. The number of hydrogen-bond acceptors (Lipinski definition) is 5. The first-order valence-corrected chi connectivity index (χ1v) is 5.70. The van der Waals surface area contributed by atoms with Crippen LogP contribution < -0.4 is 10.6 Å². The average molecular weight is 276 g/mol. The predicted molar refractivity (Wildman–Crippen MR) is 68.3 cm³/mol. The molecule has 0 aliphatic rings. The zero-order chi connectivity index (χ0) is 14.5. The van der Waals surface area contributed by atoms with E-state index in [-0.39, 0.29) is 17.8 Å². The molecular weight excluding hydrogens is 264 g/mol. The minimum atomic E-state index is -1.11. The van der Waals surface area contributed by atoms with Crippen LogP contribution in [0.25, 0.3) is 0 Å². The minimum Gasteiger partial charge on any atom is -0.478 e. The van der Waals surface area contributed by atoms with Gasteiger partial charge in [-0.05, 0) is 13.0 Å². The molecule has 8 heteroatoms. The molecule has 2 aromatic rings. The van der Waals surface area contributed by atoms with Gasteiger partial charge < -0.3 is 20.3 Å². The van der Waals surface area contributed by atoms with Crippen molar-refractivity contribution in [1.82, 2.24) is 15.5 Å². The number of carbonyl (C=O) groups excluding carboxylic acids is 1. The fraction of sp³-hybridized carbons (Fsp3) is 0.167. The standard InChI is InChI=1S/C12H12N4O4/c1-7-2-10(20-16-7)6-14-12(19)15-9-3-8(11(17)18)4-13-5-9/h2-5H,6H2,1H3,(H,17,18)(H2,14,15,19). The first kappa shape index (κ1) is 13.5. The van der Waals surface area contributed by atoms with Gasteiger partial charge >= 0.3 is 12.0 Å². The van der Waals surface area contributed by atoms with Crippen LogP contribution in [0.5, 0.6) is 0 Å². The number of nitrogens with one attached hydrogen (secondary N) is 2. The fourth-order valence-electron chi connectivity index (χ4n) is 1.47. The van der Waals surface area contributed by atoms with Crippen LogP contribution in [0.1, 0.15) is 21.8 Å². The number of carbonyl (C=O) groups is 2. The number of hydrogen-bond donors (Lipinski definition) is 3. The lowest BCUT2D eigenvalue weighted by atomic mass is 10.3. The van der Waals surface area contributed by atoms with Crippen LogP contribution in [0.15, 0.2) is 29.0 Å². The Bertz CT molecular complexity index is 638. The zero-order valence-electron chi connectivity index (χ0n) is 10.6. The van der Waals surface area contributed by atoms with Crippen LogP contribution in [0.2, 0.25) is 0 Å². The van der Waals surface area contributed by atoms with E-state index in [1.165, 1.54) is 18.5 Å². The smallest absolute Gasteiger partial charge is 0.337 e. The second-order valence-electron chi connectivity index (χ2n) is 4.01. The first-order chi connectivity index (χ1) is 9.54. The number of carboxylic acid groups (broad SMARTS) is 1. The van der Waals surface area contributed by atoms with Crippen molar-refractivity contribution in [2.24, 2.45) is 0 Å². The number of urea groups is 1. The molecule has 0 aliphatic heterocycles. The maximum atomic E-state index is 11.6. The Morgan fingerprint density at radius 1 is 1.35 bits per heavy atom. The Labute approximate surface area is 113 Å². The molecule has 0 unspecified atom stereocenters. The Morgan fingerprint density at radius 2 is 2.15 bits per heavy atom. The van der Waals surface area contributed by atoms with Gasteiger partial charge in [-0.25, -0.2) is 9.59 Å². The highest BCUT2D eigenvalue weighted by Crippen LogP contribution is 2.08. The summed E-state index contributed by atoms with van der Waals surface area (Å²) in [5.74, 6) is -0.589. The summed E-state index contributed by atoms with van der Waals surface area (Å²) in [6, 6.07) is 2.52. The third-order valence-corrected chi connectivity index (χ3v) is 2.34. The molecule has 3 N–H and O–H groups in total. The fourth-order valence-corrected chi connectivity index (χ4v) is 1.47. The molecule has 0 spiro atoms. The average Bonchev–Trinajstić information content (AvgIpc) is 2.82. The molecule has 0 aromatic carbocycles. The summed E-state index contributed by atoms with van der Waals surface area (Å²) in [7, 11) is 0. The highest BCUT2D eigenvalue weighted by Gasteiger charge is 2.08. The van der Waals surface area contributed by atoms with Gasteiger partial charge in [0.1, 0.15) is 0 Å². The molecule has 104 valence electrons. The Balaban J connectivity index is 1.91. The lowest BCUT2D eigenvalue weighted by Crippen LogP contribution is -2.28. The van der Waals surface area contributed by atoms with Gasteiger partial charge in [-0.15, -0.1) is 0 Å². The van der Waals surface area contributed by atoms with E-state index < -0.39 is 12.0 Å². The number of aromatic carboxylic acids is 1. The van der Waals surface area contributed by atoms with Crippen LogP contribution in [0, 0.1) is 6.92 Å². The monoisotopic (exact) mass is 276 g/mol. The van der Waals surface area contributed by atoms with Gasteiger partial charge in [-0.2, -0.15) is 0 Å². The maximum absolute atomic E-state index is 11.6. The van der Waals surface area contributed by atoms with Crippen molar-refractivity contribution < 1.29 is 19.2 Å². The van der Waals surface area contributed by atoms with Gasteiger partial charge in [-0.3, -0.25) is 4.98 Å². The summed E-state index contributed by atoms with van der Waals surface area (Å²) >= 11 is 0. The van der Waals surface area contributed by atoms with Gasteiger partial charge in [0.05, 0.1) is 29.7 Å². The molecule has 2 aromatic heterocycles. The molecule has 0 fully saturated rings.